The molecule has 3 nitrogen and oxygen atoms in total. The molecule has 0 radical (unpaired) electrons. The number of ether oxygens (including phenoxy) is 1. The maximum Gasteiger partial charge on any atom is 0.333 e. The van der Waals surface area contributed by atoms with Crippen molar-refractivity contribution in [3.8, 4) is 0 Å². The Morgan fingerprint density at radius 1 is 1.53 bits per heavy atom. The summed E-state index contributed by atoms with van der Waals surface area (Å²) in [6, 6.07) is 0. The topological polar surface area (TPSA) is 38.7 Å². The predicted molar refractivity (Wildman–Crippen MR) is 78.6 cm³/mol. The smallest absolute Gasteiger partial charge is 0.333 e. The van der Waals surface area contributed by atoms with Gasteiger partial charge in [-0.15, -0.1) is 0 Å². The number of allylic oxidation sites excluding steroid dienone is 1. The molecule has 96 valence electrons. The molecule has 0 saturated carbocycles. The normalized spacial score (nSPS) is 11.8. The zero-order valence-corrected chi connectivity index (χ0v) is 12.2. The van der Waals surface area contributed by atoms with Gasteiger partial charge in [-0.2, -0.15) is 0 Å². The second-order valence-corrected chi connectivity index (χ2v) is 5.63. The molecule has 0 aromatic heterocycles. The van der Waals surface area contributed by atoms with Crippen LogP contribution in [0.1, 0.15) is 20.3 Å². The highest BCUT2D eigenvalue weighted by atomic mass is 33.1. The highest BCUT2D eigenvalue weighted by Gasteiger charge is 2.02. The van der Waals surface area contributed by atoms with Crippen molar-refractivity contribution in [3.63, 3.8) is 0 Å². The van der Waals surface area contributed by atoms with E-state index in [1.807, 2.05) is 6.08 Å². The highest BCUT2D eigenvalue weighted by Crippen LogP contribution is 2.23. The largest absolute Gasteiger partial charge is 0.461 e. The van der Waals surface area contributed by atoms with Crippen LogP contribution in [0.15, 0.2) is 29.3 Å². The number of hydrogen-bond acceptors (Lipinski definition) is 5. The Labute approximate surface area is 111 Å². The minimum absolute atomic E-state index is 0.328. The Morgan fingerprint density at radius 3 is 2.76 bits per heavy atom. The lowest BCUT2D eigenvalue weighted by molar-refractivity contribution is -0.138. The first kappa shape index (κ1) is 16.3. The fraction of sp³-hybridized carbons (Fsp3) is 0.500. The molecule has 0 rings (SSSR count). The molecule has 0 aromatic carbocycles. The van der Waals surface area contributed by atoms with Crippen molar-refractivity contribution in [2.24, 2.45) is 4.99 Å². The van der Waals surface area contributed by atoms with Gasteiger partial charge in [0.15, 0.2) is 0 Å². The minimum Gasteiger partial charge on any atom is -0.461 e. The van der Waals surface area contributed by atoms with Crippen LogP contribution in [-0.2, 0) is 9.53 Å². The zero-order valence-electron chi connectivity index (χ0n) is 10.6. The van der Waals surface area contributed by atoms with Gasteiger partial charge in [-0.3, -0.25) is 4.99 Å². The van der Waals surface area contributed by atoms with Gasteiger partial charge in [-0.1, -0.05) is 30.4 Å². The molecule has 0 amide bonds. The average molecular weight is 273 g/mol. The zero-order chi connectivity index (χ0) is 13.1. The summed E-state index contributed by atoms with van der Waals surface area (Å²) in [5.41, 5.74) is 0.435. The van der Waals surface area contributed by atoms with E-state index in [1.165, 1.54) is 0 Å². The Balaban J connectivity index is 3.67. The van der Waals surface area contributed by atoms with Crippen LogP contribution in [0.3, 0.4) is 0 Å². The van der Waals surface area contributed by atoms with Crippen LogP contribution in [0, 0.1) is 0 Å². The maximum atomic E-state index is 11.1. The first-order chi connectivity index (χ1) is 8.11. The Kier molecular flexibility index (Phi) is 10.1. The van der Waals surface area contributed by atoms with Crippen LogP contribution >= 0.6 is 21.6 Å². The van der Waals surface area contributed by atoms with Crippen molar-refractivity contribution < 1.29 is 9.53 Å². The van der Waals surface area contributed by atoms with Crippen molar-refractivity contribution >= 4 is 32.6 Å². The molecule has 0 atom stereocenters. The van der Waals surface area contributed by atoms with Crippen LogP contribution in [0.25, 0.3) is 0 Å². The molecule has 0 unspecified atom stereocenters. The van der Waals surface area contributed by atoms with Crippen LogP contribution in [0.4, 0.5) is 0 Å². The molecular formula is C12H19NO2S2. The number of aliphatic imine (C=N–C) groups is 1. The summed E-state index contributed by atoms with van der Waals surface area (Å²) in [5, 5.41) is 0.975. The van der Waals surface area contributed by atoms with Gasteiger partial charge in [-0.25, -0.2) is 4.79 Å². The van der Waals surface area contributed by atoms with Crippen molar-refractivity contribution in [1.29, 1.82) is 0 Å². The standard InChI is InChI=1S/C12H19NO2S2/c1-5-6-7-11(13-4)17-16-9-8-15-12(14)10(2)3/h6-7H,2,5,8-9H2,1,3-4H3/b7-6-,13-11?. The summed E-state index contributed by atoms with van der Waals surface area (Å²) >= 11 is 0. The van der Waals surface area contributed by atoms with Gasteiger partial charge in [0.25, 0.3) is 0 Å². The number of rotatable bonds is 7. The fourth-order valence-electron chi connectivity index (χ4n) is 0.752. The van der Waals surface area contributed by atoms with Crippen LogP contribution in [-0.4, -0.2) is 30.4 Å². The predicted octanol–water partition coefficient (Wildman–Crippen LogP) is 3.48. The van der Waals surface area contributed by atoms with Crippen LogP contribution in [0.2, 0.25) is 0 Å². The van der Waals surface area contributed by atoms with E-state index in [9.17, 15) is 4.79 Å². The third kappa shape index (κ3) is 9.06. The summed E-state index contributed by atoms with van der Waals surface area (Å²) in [5.74, 6) is 0.411. The molecule has 0 N–H and O–H groups in total. The highest BCUT2D eigenvalue weighted by molar-refractivity contribution is 8.82. The van der Waals surface area contributed by atoms with E-state index >= 15 is 0 Å². The van der Waals surface area contributed by atoms with Gasteiger partial charge in [0.05, 0.1) is 0 Å². The van der Waals surface area contributed by atoms with Gasteiger partial charge < -0.3 is 4.74 Å². The molecule has 0 bridgehead atoms. The molecule has 0 saturated heterocycles. The third-order valence-corrected chi connectivity index (χ3v) is 3.92. The van der Waals surface area contributed by atoms with E-state index in [0.717, 1.165) is 17.2 Å². The SMILES string of the molecule is C=C(C)C(=O)OCCSSC(/C=C\CC)=NC. The van der Waals surface area contributed by atoms with Gasteiger partial charge in [0.1, 0.15) is 11.7 Å². The van der Waals surface area contributed by atoms with Gasteiger partial charge in [0.2, 0.25) is 0 Å². The second kappa shape index (κ2) is 10.5. The Morgan fingerprint density at radius 2 is 2.24 bits per heavy atom. The Bertz CT molecular complexity index is 312. The molecule has 0 aliphatic heterocycles. The maximum absolute atomic E-state index is 11.1. The van der Waals surface area contributed by atoms with Gasteiger partial charge in [0, 0.05) is 18.4 Å². The molecule has 0 fully saturated rings. The number of nitrogens with zero attached hydrogens (tertiary/aromatic N) is 1. The van der Waals surface area contributed by atoms with Crippen molar-refractivity contribution in [2.75, 3.05) is 19.4 Å². The fourth-order valence-corrected chi connectivity index (χ4v) is 2.54. The summed E-state index contributed by atoms with van der Waals surface area (Å²) in [6.07, 6.45) is 5.06. The Hall–Kier alpha value is -0.680. The number of carbonyl (C=O) groups excluding carboxylic acids is 1. The molecule has 0 heterocycles. The lowest BCUT2D eigenvalue weighted by Crippen LogP contribution is -2.07. The molecule has 0 spiro atoms. The summed E-state index contributed by atoms with van der Waals surface area (Å²) < 4.78 is 4.97. The number of hydrogen-bond donors (Lipinski definition) is 0. The molecule has 0 aromatic rings. The van der Waals surface area contributed by atoms with Crippen molar-refractivity contribution in [1.82, 2.24) is 0 Å². The summed E-state index contributed by atoms with van der Waals surface area (Å²) in [7, 11) is 4.97. The van der Waals surface area contributed by atoms with E-state index in [0.29, 0.717) is 12.2 Å². The monoisotopic (exact) mass is 273 g/mol. The first-order valence-corrected chi connectivity index (χ1v) is 7.69. The van der Waals surface area contributed by atoms with Crippen molar-refractivity contribution in [3.05, 3.63) is 24.3 Å². The average Bonchev–Trinajstić information content (AvgIpc) is 2.32. The molecular weight excluding hydrogens is 254 g/mol. The minimum atomic E-state index is -0.328. The summed E-state index contributed by atoms with van der Waals surface area (Å²) in [6.45, 7) is 7.64. The quantitative estimate of drug-likeness (QED) is 0.178. The molecule has 17 heavy (non-hydrogen) atoms. The van der Waals surface area contributed by atoms with E-state index in [1.54, 1.807) is 35.6 Å². The first-order valence-electron chi connectivity index (χ1n) is 5.37. The molecule has 5 heteroatoms. The van der Waals surface area contributed by atoms with Gasteiger partial charge >= 0.3 is 5.97 Å². The van der Waals surface area contributed by atoms with E-state index in [2.05, 4.69) is 24.6 Å². The lowest BCUT2D eigenvalue weighted by atomic mass is 10.4. The van der Waals surface area contributed by atoms with Crippen molar-refractivity contribution in [2.45, 2.75) is 20.3 Å². The lowest BCUT2D eigenvalue weighted by Gasteiger charge is -2.03. The third-order valence-electron chi connectivity index (χ3n) is 1.61. The van der Waals surface area contributed by atoms with Crippen LogP contribution in [0.5, 0.6) is 0 Å². The molecule has 0 aliphatic rings. The second-order valence-electron chi connectivity index (χ2n) is 3.19. The van der Waals surface area contributed by atoms with E-state index in [4.69, 9.17) is 4.74 Å². The number of carbonyl (C=O) groups is 1. The van der Waals surface area contributed by atoms with Gasteiger partial charge in [-0.05, 0) is 30.2 Å². The number of esters is 1. The van der Waals surface area contributed by atoms with E-state index in [-0.39, 0.29) is 5.97 Å². The van der Waals surface area contributed by atoms with Crippen LogP contribution < -0.4 is 0 Å². The molecule has 0 aliphatic carbocycles. The van der Waals surface area contributed by atoms with E-state index < -0.39 is 0 Å². The summed E-state index contributed by atoms with van der Waals surface area (Å²) in [4.78, 5) is 15.2.